The molecule has 6 heteroatoms. The molecule has 0 radical (unpaired) electrons. The van der Waals surface area contributed by atoms with Crippen molar-refractivity contribution in [3.63, 3.8) is 0 Å². The number of nitrogens with two attached hydrogens (primary N) is 2. The summed E-state index contributed by atoms with van der Waals surface area (Å²) < 4.78 is 4.55. The highest BCUT2D eigenvalue weighted by atomic mass is 16.5. The Morgan fingerprint density at radius 1 is 1.44 bits per heavy atom. The van der Waals surface area contributed by atoms with Gasteiger partial charge in [0.1, 0.15) is 11.4 Å². The van der Waals surface area contributed by atoms with Crippen molar-refractivity contribution in [1.29, 1.82) is 0 Å². The number of likely N-dealkylation sites (tertiary alicyclic amines) is 1. The molecule has 0 aliphatic carbocycles. The number of ether oxygens (including phenoxy) is 1. The summed E-state index contributed by atoms with van der Waals surface area (Å²) in [5.74, 6) is 5.66. The van der Waals surface area contributed by atoms with Crippen LogP contribution in [0.3, 0.4) is 0 Å². The lowest BCUT2D eigenvalue weighted by atomic mass is 10.0. The van der Waals surface area contributed by atoms with E-state index in [-0.39, 0.29) is 11.6 Å². The highest BCUT2D eigenvalue weighted by Gasteiger charge is 2.21. The summed E-state index contributed by atoms with van der Waals surface area (Å²) in [4.78, 5) is 11.8. The summed E-state index contributed by atoms with van der Waals surface area (Å²) in [5.41, 5.74) is 5.30. The van der Waals surface area contributed by atoms with Crippen LogP contribution in [0.5, 0.6) is 0 Å². The maximum Gasteiger partial charge on any atom is 0.293 e. The topological polar surface area (TPSA) is 93.9 Å². The van der Waals surface area contributed by atoms with Crippen LogP contribution in [-0.4, -0.2) is 42.4 Å². The minimum absolute atomic E-state index is 0.272. The molecule has 1 atom stereocenters. The molecule has 1 fully saturated rings. The maximum absolute atomic E-state index is 9.60. The first-order valence-electron chi connectivity index (χ1n) is 6.16. The van der Waals surface area contributed by atoms with E-state index in [1.165, 1.54) is 12.8 Å². The summed E-state index contributed by atoms with van der Waals surface area (Å²) >= 11 is 0. The van der Waals surface area contributed by atoms with Gasteiger partial charge in [0, 0.05) is 0 Å². The van der Waals surface area contributed by atoms with E-state index in [2.05, 4.69) is 21.8 Å². The fourth-order valence-electron chi connectivity index (χ4n) is 1.68. The van der Waals surface area contributed by atoms with Crippen molar-refractivity contribution >= 4 is 12.3 Å². The van der Waals surface area contributed by atoms with Gasteiger partial charge in [-0.3, -0.25) is 9.69 Å². The maximum atomic E-state index is 9.60. The fraction of sp³-hybridized carbons (Fsp3) is 0.833. The average molecular weight is 258 g/mol. The summed E-state index contributed by atoms with van der Waals surface area (Å²) in [6, 6.07) is 0.272. The molecule has 0 amide bonds. The summed E-state index contributed by atoms with van der Waals surface area (Å²) in [5, 5.41) is 3.52. The Bertz CT molecular complexity index is 274. The molecule has 1 rings (SSSR count). The van der Waals surface area contributed by atoms with Crippen molar-refractivity contribution in [3.05, 3.63) is 0 Å². The van der Waals surface area contributed by atoms with E-state index < -0.39 is 0 Å². The van der Waals surface area contributed by atoms with Crippen LogP contribution >= 0.6 is 0 Å². The zero-order valence-corrected chi connectivity index (χ0v) is 11.8. The number of hydrogen-bond acceptors (Lipinski definition) is 5. The SMILES string of the molecule is CC(C)(C)OC=O.CN1CCCCC1/C(N)=N/N. The van der Waals surface area contributed by atoms with Crippen LogP contribution in [0.4, 0.5) is 0 Å². The highest BCUT2D eigenvalue weighted by Crippen LogP contribution is 2.14. The van der Waals surface area contributed by atoms with Crippen LogP contribution in [-0.2, 0) is 9.53 Å². The van der Waals surface area contributed by atoms with Crippen LogP contribution in [0.15, 0.2) is 5.10 Å². The molecule has 1 aliphatic rings. The quantitative estimate of drug-likeness (QED) is 0.249. The van der Waals surface area contributed by atoms with E-state index in [0.717, 1.165) is 13.0 Å². The molecule has 0 bridgehead atoms. The molecular formula is C12H26N4O2. The number of piperidine rings is 1. The molecule has 4 N–H and O–H groups in total. The fourth-order valence-corrected chi connectivity index (χ4v) is 1.68. The molecule has 106 valence electrons. The van der Waals surface area contributed by atoms with Crippen LogP contribution in [0.25, 0.3) is 0 Å². The van der Waals surface area contributed by atoms with Crippen molar-refractivity contribution < 1.29 is 9.53 Å². The monoisotopic (exact) mass is 258 g/mol. The Morgan fingerprint density at radius 3 is 2.39 bits per heavy atom. The van der Waals surface area contributed by atoms with Crippen molar-refractivity contribution in [2.45, 2.75) is 51.7 Å². The molecule has 0 aromatic carbocycles. The molecule has 1 saturated heterocycles. The van der Waals surface area contributed by atoms with Gasteiger partial charge in [0.05, 0.1) is 6.04 Å². The van der Waals surface area contributed by atoms with Gasteiger partial charge in [-0.05, 0) is 47.2 Å². The Hall–Kier alpha value is -1.30. The number of rotatable bonds is 2. The third-order valence-corrected chi connectivity index (χ3v) is 2.66. The van der Waals surface area contributed by atoms with Gasteiger partial charge in [-0.2, -0.15) is 5.10 Å². The summed E-state index contributed by atoms with van der Waals surface area (Å²) in [6.07, 6.45) is 3.57. The van der Waals surface area contributed by atoms with Gasteiger partial charge in [-0.25, -0.2) is 0 Å². The van der Waals surface area contributed by atoms with Gasteiger partial charge in [-0.1, -0.05) is 6.42 Å². The van der Waals surface area contributed by atoms with E-state index in [0.29, 0.717) is 12.3 Å². The number of likely N-dealkylation sites (N-methyl/N-ethyl adjacent to an activating group) is 1. The Kier molecular flexibility index (Phi) is 7.35. The number of hydrogen-bond donors (Lipinski definition) is 2. The number of amidine groups is 1. The minimum atomic E-state index is -0.318. The van der Waals surface area contributed by atoms with Crippen LogP contribution in [0, 0.1) is 0 Å². The number of carbonyl (C=O) groups is 1. The Labute approximate surface area is 109 Å². The molecule has 6 nitrogen and oxygen atoms in total. The molecule has 0 aromatic rings. The Balaban J connectivity index is 0.000000360. The molecule has 0 spiro atoms. The third-order valence-electron chi connectivity index (χ3n) is 2.66. The molecule has 0 aromatic heterocycles. The molecule has 1 unspecified atom stereocenters. The first kappa shape index (κ1) is 16.7. The van der Waals surface area contributed by atoms with Gasteiger partial charge >= 0.3 is 0 Å². The van der Waals surface area contributed by atoms with E-state index in [4.69, 9.17) is 11.6 Å². The van der Waals surface area contributed by atoms with Gasteiger partial charge in [0.15, 0.2) is 0 Å². The predicted octanol–water partition coefficient (Wildman–Crippen LogP) is 0.660. The van der Waals surface area contributed by atoms with Gasteiger partial charge in [-0.15, -0.1) is 0 Å². The average Bonchev–Trinajstić information content (AvgIpc) is 2.28. The normalized spacial score (nSPS) is 21.8. The highest BCUT2D eigenvalue weighted by molar-refractivity contribution is 5.85. The third kappa shape index (κ3) is 7.11. The van der Waals surface area contributed by atoms with Crippen LogP contribution in [0.2, 0.25) is 0 Å². The molecule has 0 saturated carbocycles. The van der Waals surface area contributed by atoms with Gasteiger partial charge in [0.25, 0.3) is 6.47 Å². The van der Waals surface area contributed by atoms with E-state index in [1.54, 1.807) is 0 Å². The summed E-state index contributed by atoms with van der Waals surface area (Å²) in [7, 11) is 2.06. The molecule has 18 heavy (non-hydrogen) atoms. The lowest BCUT2D eigenvalue weighted by Gasteiger charge is -2.31. The number of nitrogens with zero attached hydrogens (tertiary/aromatic N) is 2. The largest absolute Gasteiger partial charge is 0.462 e. The van der Waals surface area contributed by atoms with Gasteiger partial charge in [0.2, 0.25) is 0 Å². The van der Waals surface area contributed by atoms with Crippen molar-refractivity contribution in [2.24, 2.45) is 16.7 Å². The van der Waals surface area contributed by atoms with E-state index in [1.807, 2.05) is 20.8 Å². The zero-order chi connectivity index (χ0) is 14.2. The van der Waals surface area contributed by atoms with Crippen molar-refractivity contribution in [3.8, 4) is 0 Å². The molecular weight excluding hydrogens is 232 g/mol. The molecule has 1 heterocycles. The molecule has 1 aliphatic heterocycles. The van der Waals surface area contributed by atoms with Crippen LogP contribution in [0.1, 0.15) is 40.0 Å². The number of carbonyl (C=O) groups excluding carboxylic acids is 1. The standard InChI is InChI=1S/C7H16N4.C5H10O2/c1-11-5-3-2-4-6(11)7(8)10-9;1-5(2,3)7-4-6/h6H,2-5,9H2,1H3,(H2,8,10);4H,1-3H3. The summed E-state index contributed by atoms with van der Waals surface area (Å²) in [6.45, 7) is 7.02. The first-order valence-corrected chi connectivity index (χ1v) is 6.16. The lowest BCUT2D eigenvalue weighted by molar-refractivity contribution is -0.138. The second-order valence-electron chi connectivity index (χ2n) is 5.37. The van der Waals surface area contributed by atoms with Gasteiger partial charge < -0.3 is 16.3 Å². The number of hydrazone groups is 1. The zero-order valence-electron chi connectivity index (χ0n) is 11.8. The predicted molar refractivity (Wildman–Crippen MR) is 73.0 cm³/mol. The van der Waals surface area contributed by atoms with Crippen LogP contribution < -0.4 is 11.6 Å². The van der Waals surface area contributed by atoms with E-state index >= 15 is 0 Å². The van der Waals surface area contributed by atoms with E-state index in [9.17, 15) is 4.79 Å². The lowest BCUT2D eigenvalue weighted by Crippen LogP contribution is -2.45. The second kappa shape index (κ2) is 7.92. The van der Waals surface area contributed by atoms with Crippen molar-refractivity contribution in [2.75, 3.05) is 13.6 Å². The van der Waals surface area contributed by atoms with Crippen molar-refractivity contribution in [1.82, 2.24) is 4.90 Å². The second-order valence-corrected chi connectivity index (χ2v) is 5.37. The first-order chi connectivity index (χ1) is 8.31. The minimum Gasteiger partial charge on any atom is -0.462 e. The Morgan fingerprint density at radius 2 is 2.06 bits per heavy atom. The smallest absolute Gasteiger partial charge is 0.293 e.